The number of hydrogen-bond donors (Lipinski definition) is 1. The summed E-state index contributed by atoms with van der Waals surface area (Å²) in [6.45, 7) is 6.46. The lowest BCUT2D eigenvalue weighted by Crippen LogP contribution is -3.00. The fourth-order valence-corrected chi connectivity index (χ4v) is 4.11. The van der Waals surface area contributed by atoms with Crippen molar-refractivity contribution in [3.63, 3.8) is 0 Å². The lowest BCUT2D eigenvalue weighted by atomic mass is 10.1. The van der Waals surface area contributed by atoms with E-state index < -0.39 is 0 Å². The quantitative estimate of drug-likeness (QED) is 0.425. The van der Waals surface area contributed by atoms with E-state index in [9.17, 15) is 4.79 Å². The third kappa shape index (κ3) is 4.70. The molecule has 0 aliphatic carbocycles. The van der Waals surface area contributed by atoms with Crippen molar-refractivity contribution in [2.24, 2.45) is 0 Å². The number of fused-ring (bicyclic) bond motifs is 1. The fraction of sp³-hybridized carbons (Fsp3) is 0.391. The highest BCUT2D eigenvalue weighted by Gasteiger charge is 2.23. The third-order valence-electron chi connectivity index (χ3n) is 5.78. The number of Topliss-reactive ketones (excluding diaryl/α,β-unsaturated/α-hetero) is 1. The Hall–Kier alpha value is -2.18. The minimum absolute atomic E-state index is 0. The van der Waals surface area contributed by atoms with Crippen LogP contribution in [0, 0.1) is 6.92 Å². The number of piperidine rings is 1. The number of nitrogens with zero attached hydrogens (tertiary/aromatic N) is 3. The van der Waals surface area contributed by atoms with E-state index in [1.54, 1.807) is 0 Å². The van der Waals surface area contributed by atoms with E-state index in [1.807, 2.05) is 54.0 Å². The Bertz CT molecular complexity index is 974. The van der Waals surface area contributed by atoms with Crippen molar-refractivity contribution in [1.29, 1.82) is 0 Å². The molecule has 3 aromatic rings. The first-order valence-corrected chi connectivity index (χ1v) is 10.2. The van der Waals surface area contributed by atoms with Gasteiger partial charge in [0.25, 0.3) is 0 Å². The molecule has 1 saturated heterocycles. The Morgan fingerprint density at radius 3 is 2.41 bits per heavy atom. The van der Waals surface area contributed by atoms with Crippen LogP contribution < -0.4 is 27.3 Å². The second-order valence-corrected chi connectivity index (χ2v) is 7.78. The molecule has 0 radical (unpaired) electrons. The van der Waals surface area contributed by atoms with E-state index in [0.717, 1.165) is 35.2 Å². The van der Waals surface area contributed by atoms with Gasteiger partial charge in [-0.25, -0.2) is 9.13 Å². The number of carbonyl (C=O) groups excluding carboxylic acids is 1. The summed E-state index contributed by atoms with van der Waals surface area (Å²) in [4.78, 5) is 15.4. The topological polar surface area (TPSA) is 55.1 Å². The summed E-state index contributed by atoms with van der Waals surface area (Å²) in [7, 11) is 0. The van der Waals surface area contributed by atoms with E-state index in [0.29, 0.717) is 5.95 Å². The molecule has 1 aliphatic heterocycles. The van der Waals surface area contributed by atoms with Crippen LogP contribution in [-0.2, 0) is 13.1 Å². The maximum absolute atomic E-state index is 12.8. The van der Waals surface area contributed by atoms with Gasteiger partial charge in [0, 0.05) is 12.1 Å². The number of benzene rings is 2. The Morgan fingerprint density at radius 2 is 1.69 bits per heavy atom. The lowest BCUT2D eigenvalue weighted by molar-refractivity contribution is -0.642. The van der Waals surface area contributed by atoms with Crippen LogP contribution in [0.25, 0.3) is 11.0 Å². The minimum Gasteiger partial charge on any atom is -1.00 e. The number of likely N-dealkylation sites (tertiary alicyclic amines) is 1. The number of para-hydroxylation sites is 2. The van der Waals surface area contributed by atoms with Gasteiger partial charge in [0.2, 0.25) is 0 Å². The monoisotopic (exact) mass is 456 g/mol. The molecule has 4 rings (SSSR count). The van der Waals surface area contributed by atoms with Crippen molar-refractivity contribution < 1.29 is 26.3 Å². The van der Waals surface area contributed by atoms with Crippen molar-refractivity contribution >= 4 is 22.8 Å². The zero-order valence-corrected chi connectivity index (χ0v) is 18.6. The van der Waals surface area contributed by atoms with E-state index in [1.165, 1.54) is 32.4 Å². The SMILES string of the molecule is Cc1ccc(C(=O)C[n+]2c(N)n(CCN3CCCCC3)c3ccccc32)cc1.[Br-]. The molecule has 2 N–H and O–H groups in total. The molecule has 1 fully saturated rings. The van der Waals surface area contributed by atoms with Crippen LogP contribution in [-0.4, -0.2) is 34.9 Å². The molecular formula is C23H29BrN4O. The second kappa shape index (κ2) is 9.55. The largest absolute Gasteiger partial charge is 1.00 e. The second-order valence-electron chi connectivity index (χ2n) is 7.78. The highest BCUT2D eigenvalue weighted by Crippen LogP contribution is 2.17. The maximum Gasteiger partial charge on any atom is 0.356 e. The number of carbonyl (C=O) groups is 1. The molecule has 0 atom stereocenters. The molecule has 5 nitrogen and oxygen atoms in total. The molecule has 29 heavy (non-hydrogen) atoms. The van der Waals surface area contributed by atoms with Crippen LogP contribution in [0.2, 0.25) is 0 Å². The van der Waals surface area contributed by atoms with E-state index in [2.05, 4.69) is 15.5 Å². The van der Waals surface area contributed by atoms with Crippen molar-refractivity contribution in [3.8, 4) is 0 Å². The molecule has 154 valence electrons. The highest BCUT2D eigenvalue weighted by molar-refractivity contribution is 5.95. The first-order chi connectivity index (χ1) is 13.6. The first kappa shape index (κ1) is 21.5. The van der Waals surface area contributed by atoms with Crippen molar-refractivity contribution in [3.05, 3.63) is 59.7 Å². The van der Waals surface area contributed by atoms with Crippen molar-refractivity contribution in [2.45, 2.75) is 39.3 Å². The van der Waals surface area contributed by atoms with Gasteiger partial charge in [0.15, 0.2) is 5.78 Å². The van der Waals surface area contributed by atoms with Crippen LogP contribution in [0.3, 0.4) is 0 Å². The Balaban J connectivity index is 0.00000240. The summed E-state index contributed by atoms with van der Waals surface area (Å²) >= 11 is 0. The van der Waals surface area contributed by atoms with Gasteiger partial charge in [-0.3, -0.25) is 10.5 Å². The predicted molar refractivity (Wildman–Crippen MR) is 112 cm³/mol. The summed E-state index contributed by atoms with van der Waals surface area (Å²) < 4.78 is 4.11. The average Bonchev–Trinajstić information content (AvgIpc) is 2.99. The molecule has 2 aromatic carbocycles. The van der Waals surface area contributed by atoms with Crippen LogP contribution in [0.15, 0.2) is 48.5 Å². The van der Waals surface area contributed by atoms with Crippen LogP contribution >= 0.6 is 0 Å². The number of rotatable bonds is 6. The van der Waals surface area contributed by atoms with E-state index in [4.69, 9.17) is 5.73 Å². The standard InChI is InChI=1S/C23H28N4O.BrH/c1-18-9-11-19(12-10-18)22(28)17-27-21-8-4-3-7-20(21)26(23(27)24)16-15-25-13-5-2-6-14-25;/h3-4,7-12,24H,2,5-6,13-17H2,1H3;1H. The molecule has 2 heterocycles. The van der Waals surface area contributed by atoms with Crippen molar-refractivity contribution in [2.75, 3.05) is 25.4 Å². The molecule has 6 heteroatoms. The molecule has 0 spiro atoms. The Labute approximate surface area is 182 Å². The minimum atomic E-state index is 0. The number of hydrogen-bond acceptors (Lipinski definition) is 3. The summed E-state index contributed by atoms with van der Waals surface area (Å²) in [5, 5.41) is 0. The number of ketones is 1. The van der Waals surface area contributed by atoms with Crippen LogP contribution in [0.5, 0.6) is 0 Å². The molecule has 0 unspecified atom stereocenters. The lowest BCUT2D eigenvalue weighted by Gasteiger charge is -2.25. The van der Waals surface area contributed by atoms with Gasteiger partial charge < -0.3 is 21.9 Å². The predicted octanol–water partition coefficient (Wildman–Crippen LogP) is 0.192. The summed E-state index contributed by atoms with van der Waals surface area (Å²) in [5.74, 6) is 0.731. The van der Waals surface area contributed by atoms with Gasteiger partial charge in [-0.15, -0.1) is 0 Å². The fourth-order valence-electron chi connectivity index (χ4n) is 4.11. The molecule has 1 aromatic heterocycles. The summed E-state index contributed by atoms with van der Waals surface area (Å²) in [5.41, 5.74) is 10.5. The van der Waals surface area contributed by atoms with E-state index in [-0.39, 0.29) is 29.3 Å². The number of imidazole rings is 1. The number of aryl methyl sites for hydroxylation is 1. The molecule has 1 aliphatic rings. The van der Waals surface area contributed by atoms with E-state index >= 15 is 0 Å². The first-order valence-electron chi connectivity index (χ1n) is 10.2. The smallest absolute Gasteiger partial charge is 0.356 e. The average molecular weight is 457 g/mol. The highest BCUT2D eigenvalue weighted by atomic mass is 79.9. The van der Waals surface area contributed by atoms with Crippen molar-refractivity contribution in [1.82, 2.24) is 9.47 Å². The normalized spacial score (nSPS) is 14.7. The Morgan fingerprint density at radius 1 is 1.00 bits per heavy atom. The Kier molecular flexibility index (Phi) is 7.09. The molecule has 0 amide bonds. The van der Waals surface area contributed by atoms with Gasteiger partial charge in [0.1, 0.15) is 17.6 Å². The number of nitrogens with two attached hydrogens (primary N) is 1. The number of aromatic nitrogens is 2. The molecule has 0 bridgehead atoms. The van der Waals surface area contributed by atoms with Gasteiger partial charge >= 0.3 is 5.95 Å². The van der Waals surface area contributed by atoms with Gasteiger partial charge in [0.05, 0.1) is 6.54 Å². The zero-order chi connectivity index (χ0) is 19.5. The third-order valence-corrected chi connectivity index (χ3v) is 5.78. The maximum atomic E-state index is 12.8. The van der Waals surface area contributed by atoms with Crippen LogP contribution in [0.1, 0.15) is 35.2 Å². The summed E-state index contributed by atoms with van der Waals surface area (Å²) in [6, 6.07) is 15.9. The van der Waals surface area contributed by atoms with Crippen LogP contribution in [0.4, 0.5) is 5.95 Å². The number of halogens is 1. The summed E-state index contributed by atoms with van der Waals surface area (Å²) in [6.07, 6.45) is 3.91. The van der Waals surface area contributed by atoms with Gasteiger partial charge in [-0.1, -0.05) is 48.4 Å². The van der Waals surface area contributed by atoms with Gasteiger partial charge in [-0.2, -0.15) is 0 Å². The molecular weight excluding hydrogens is 428 g/mol. The number of anilines is 1. The molecule has 0 saturated carbocycles. The van der Waals surface area contributed by atoms with Gasteiger partial charge in [-0.05, 0) is 45.0 Å². The number of nitrogen functional groups attached to an aromatic ring is 1. The zero-order valence-electron chi connectivity index (χ0n) is 17.0.